The van der Waals surface area contributed by atoms with Crippen molar-refractivity contribution in [2.75, 3.05) is 12.4 Å². The van der Waals surface area contributed by atoms with Crippen LogP contribution in [0.4, 0.5) is 5.95 Å². The molecule has 1 aromatic carbocycles. The van der Waals surface area contributed by atoms with Crippen LogP contribution in [0.15, 0.2) is 29.0 Å². The quantitative estimate of drug-likeness (QED) is 0.901. The highest BCUT2D eigenvalue weighted by molar-refractivity contribution is 9.10. The van der Waals surface area contributed by atoms with Gasteiger partial charge < -0.3 is 4.74 Å². The minimum Gasteiger partial charge on any atom is -0.497 e. The van der Waals surface area contributed by atoms with Crippen LogP contribution in [0.5, 0.6) is 5.75 Å². The Balaban J connectivity index is 2.06. The third kappa shape index (κ3) is 3.07. The number of H-pyrrole nitrogens is 1. The number of carbonyl (C=O) groups excluding carboxylic acids is 1. The SMILES string of the molecule is COc1ccc(Br)c(CC(=O)Nc2ncn[nH]2)c1. The summed E-state index contributed by atoms with van der Waals surface area (Å²) in [6, 6.07) is 5.47. The van der Waals surface area contributed by atoms with Crippen molar-refractivity contribution in [3.63, 3.8) is 0 Å². The first-order chi connectivity index (χ1) is 8.69. The zero-order valence-electron chi connectivity index (χ0n) is 9.61. The second-order valence-electron chi connectivity index (χ2n) is 3.52. The molecule has 1 amide bonds. The van der Waals surface area contributed by atoms with Crippen LogP contribution in [-0.2, 0) is 11.2 Å². The van der Waals surface area contributed by atoms with Gasteiger partial charge in [-0.1, -0.05) is 15.9 Å². The van der Waals surface area contributed by atoms with Crippen molar-refractivity contribution in [1.82, 2.24) is 15.2 Å². The zero-order chi connectivity index (χ0) is 13.0. The highest BCUT2D eigenvalue weighted by Gasteiger charge is 2.09. The van der Waals surface area contributed by atoms with Crippen molar-refractivity contribution in [3.8, 4) is 5.75 Å². The number of methoxy groups -OCH3 is 1. The van der Waals surface area contributed by atoms with Crippen LogP contribution in [0.25, 0.3) is 0 Å². The summed E-state index contributed by atoms with van der Waals surface area (Å²) in [5.74, 6) is 0.861. The van der Waals surface area contributed by atoms with Gasteiger partial charge in [0.2, 0.25) is 11.9 Å². The number of halogens is 1. The fraction of sp³-hybridized carbons (Fsp3) is 0.182. The van der Waals surface area contributed by atoms with E-state index in [1.807, 2.05) is 18.2 Å². The van der Waals surface area contributed by atoms with Crippen molar-refractivity contribution >= 4 is 27.8 Å². The number of aromatic amines is 1. The summed E-state index contributed by atoms with van der Waals surface area (Å²) >= 11 is 3.39. The van der Waals surface area contributed by atoms with Crippen molar-refractivity contribution in [3.05, 3.63) is 34.6 Å². The van der Waals surface area contributed by atoms with Gasteiger partial charge in [0.1, 0.15) is 12.1 Å². The molecule has 2 aromatic rings. The topological polar surface area (TPSA) is 79.9 Å². The first-order valence-corrected chi connectivity index (χ1v) is 5.96. The Bertz CT molecular complexity index is 542. The highest BCUT2D eigenvalue weighted by atomic mass is 79.9. The predicted molar refractivity (Wildman–Crippen MR) is 69.4 cm³/mol. The average Bonchev–Trinajstić information content (AvgIpc) is 2.84. The smallest absolute Gasteiger partial charge is 0.231 e. The Labute approximate surface area is 112 Å². The lowest BCUT2D eigenvalue weighted by Gasteiger charge is -2.07. The molecular weight excluding hydrogens is 300 g/mol. The second-order valence-corrected chi connectivity index (χ2v) is 4.37. The Morgan fingerprint density at radius 1 is 1.56 bits per heavy atom. The lowest BCUT2D eigenvalue weighted by Crippen LogP contribution is -2.15. The molecule has 94 valence electrons. The van der Waals surface area contributed by atoms with Crippen molar-refractivity contribution in [2.24, 2.45) is 0 Å². The number of amides is 1. The van der Waals surface area contributed by atoms with E-state index in [-0.39, 0.29) is 12.3 Å². The minimum atomic E-state index is -0.180. The van der Waals surface area contributed by atoms with E-state index in [1.54, 1.807) is 7.11 Å². The Kier molecular flexibility index (Phi) is 3.93. The van der Waals surface area contributed by atoms with Crippen LogP contribution in [0.3, 0.4) is 0 Å². The van der Waals surface area contributed by atoms with E-state index in [0.717, 1.165) is 10.0 Å². The fourth-order valence-electron chi connectivity index (χ4n) is 1.43. The normalized spacial score (nSPS) is 10.1. The number of nitrogens with zero attached hydrogens (tertiary/aromatic N) is 2. The molecule has 7 heteroatoms. The fourth-order valence-corrected chi connectivity index (χ4v) is 1.82. The molecule has 0 bridgehead atoms. The van der Waals surface area contributed by atoms with Gasteiger partial charge in [0.15, 0.2) is 0 Å². The van der Waals surface area contributed by atoms with E-state index >= 15 is 0 Å². The Morgan fingerprint density at radius 3 is 3.06 bits per heavy atom. The Hall–Kier alpha value is -1.89. The van der Waals surface area contributed by atoms with Gasteiger partial charge in [-0.15, -0.1) is 0 Å². The van der Waals surface area contributed by atoms with E-state index < -0.39 is 0 Å². The van der Waals surface area contributed by atoms with Gasteiger partial charge in [-0.3, -0.25) is 10.1 Å². The van der Waals surface area contributed by atoms with Crippen LogP contribution >= 0.6 is 15.9 Å². The van der Waals surface area contributed by atoms with Crippen LogP contribution in [0.2, 0.25) is 0 Å². The number of benzene rings is 1. The highest BCUT2D eigenvalue weighted by Crippen LogP contribution is 2.23. The van der Waals surface area contributed by atoms with Gasteiger partial charge in [-0.2, -0.15) is 10.1 Å². The monoisotopic (exact) mass is 310 g/mol. The standard InChI is InChI=1S/C11H11BrN4O2/c1-18-8-2-3-9(12)7(4-8)5-10(17)15-11-13-6-14-16-11/h2-4,6H,5H2,1H3,(H2,13,14,15,16,17). The van der Waals surface area contributed by atoms with Gasteiger partial charge in [0, 0.05) is 4.47 Å². The largest absolute Gasteiger partial charge is 0.497 e. The number of carbonyl (C=O) groups is 1. The van der Waals surface area contributed by atoms with Gasteiger partial charge in [-0.25, -0.2) is 5.10 Å². The van der Waals surface area contributed by atoms with Crippen molar-refractivity contribution < 1.29 is 9.53 Å². The maximum atomic E-state index is 11.8. The molecule has 0 aliphatic heterocycles. The molecular formula is C11H11BrN4O2. The molecule has 18 heavy (non-hydrogen) atoms. The molecule has 0 fully saturated rings. The summed E-state index contributed by atoms with van der Waals surface area (Å²) in [4.78, 5) is 15.6. The molecule has 1 heterocycles. The van der Waals surface area contributed by atoms with Gasteiger partial charge >= 0.3 is 0 Å². The van der Waals surface area contributed by atoms with E-state index in [9.17, 15) is 4.79 Å². The maximum absolute atomic E-state index is 11.8. The van der Waals surface area contributed by atoms with Crippen LogP contribution < -0.4 is 10.1 Å². The van der Waals surface area contributed by atoms with E-state index in [2.05, 4.69) is 36.4 Å². The molecule has 0 saturated heterocycles. The second kappa shape index (κ2) is 5.63. The summed E-state index contributed by atoms with van der Waals surface area (Å²) < 4.78 is 5.97. The van der Waals surface area contributed by atoms with E-state index in [0.29, 0.717) is 11.7 Å². The number of ether oxygens (including phenoxy) is 1. The third-order valence-electron chi connectivity index (χ3n) is 2.28. The van der Waals surface area contributed by atoms with E-state index in [1.165, 1.54) is 6.33 Å². The summed E-state index contributed by atoms with van der Waals surface area (Å²) in [6.07, 6.45) is 1.55. The molecule has 0 aliphatic carbocycles. The molecule has 1 aromatic heterocycles. The number of hydrogen-bond donors (Lipinski definition) is 2. The molecule has 6 nitrogen and oxygen atoms in total. The summed E-state index contributed by atoms with van der Waals surface area (Å²) in [7, 11) is 1.58. The number of aromatic nitrogens is 3. The molecule has 0 unspecified atom stereocenters. The van der Waals surface area contributed by atoms with Gasteiger partial charge in [0.05, 0.1) is 13.5 Å². The van der Waals surface area contributed by atoms with E-state index in [4.69, 9.17) is 4.74 Å². The maximum Gasteiger partial charge on any atom is 0.231 e. The number of nitrogens with one attached hydrogen (secondary N) is 2. The summed E-state index contributed by atoms with van der Waals surface area (Å²) in [6.45, 7) is 0. The lowest BCUT2D eigenvalue weighted by molar-refractivity contribution is -0.115. The average molecular weight is 311 g/mol. The molecule has 0 atom stereocenters. The molecule has 2 N–H and O–H groups in total. The molecule has 0 radical (unpaired) electrons. The van der Waals surface area contributed by atoms with Crippen LogP contribution in [-0.4, -0.2) is 28.2 Å². The number of rotatable bonds is 4. The van der Waals surface area contributed by atoms with Crippen molar-refractivity contribution in [2.45, 2.75) is 6.42 Å². The predicted octanol–water partition coefficient (Wildman–Crippen LogP) is 1.76. The van der Waals surface area contributed by atoms with Gasteiger partial charge in [0.25, 0.3) is 0 Å². The molecule has 0 saturated carbocycles. The van der Waals surface area contributed by atoms with Gasteiger partial charge in [-0.05, 0) is 23.8 Å². The summed E-state index contributed by atoms with van der Waals surface area (Å²) in [5.41, 5.74) is 0.839. The minimum absolute atomic E-state index is 0.180. The van der Waals surface area contributed by atoms with Crippen molar-refractivity contribution in [1.29, 1.82) is 0 Å². The molecule has 0 spiro atoms. The third-order valence-corrected chi connectivity index (χ3v) is 3.05. The molecule has 0 aliphatic rings. The summed E-state index contributed by atoms with van der Waals surface area (Å²) in [5, 5.41) is 8.81. The van der Waals surface area contributed by atoms with Crippen LogP contribution in [0.1, 0.15) is 5.56 Å². The number of hydrogen-bond acceptors (Lipinski definition) is 4. The Morgan fingerprint density at radius 2 is 2.39 bits per heavy atom. The lowest BCUT2D eigenvalue weighted by atomic mass is 10.1. The number of anilines is 1. The van der Waals surface area contributed by atoms with Crippen LogP contribution in [0, 0.1) is 0 Å². The first-order valence-electron chi connectivity index (χ1n) is 5.16. The zero-order valence-corrected chi connectivity index (χ0v) is 11.2. The molecule has 2 rings (SSSR count). The first kappa shape index (κ1) is 12.6.